The van der Waals surface area contributed by atoms with E-state index in [2.05, 4.69) is 9.97 Å². The minimum absolute atomic E-state index is 0.282. The lowest BCUT2D eigenvalue weighted by Gasteiger charge is -2.16. The van der Waals surface area contributed by atoms with Crippen LogP contribution in [0.15, 0.2) is 12.5 Å². The smallest absolute Gasteiger partial charge is 0.240 e. The summed E-state index contributed by atoms with van der Waals surface area (Å²) in [6, 6.07) is 0. The Morgan fingerprint density at radius 2 is 1.93 bits per heavy atom. The van der Waals surface area contributed by atoms with Gasteiger partial charge in [-0.25, -0.2) is 4.98 Å². The number of nitrogens with zero attached hydrogens (tertiary/aromatic N) is 2. The van der Waals surface area contributed by atoms with Gasteiger partial charge in [0.2, 0.25) is 5.88 Å². The topological polar surface area (TPSA) is 61.0 Å². The van der Waals surface area contributed by atoms with Gasteiger partial charge in [-0.3, -0.25) is 0 Å². The third-order valence-electron chi connectivity index (χ3n) is 2.78. The lowest BCUT2D eigenvalue weighted by Crippen LogP contribution is -2.16. The van der Waals surface area contributed by atoms with E-state index in [1.807, 2.05) is 0 Å². The first-order chi connectivity index (χ1) is 7.36. The molecule has 0 unspecified atom stereocenters. The van der Waals surface area contributed by atoms with Crippen LogP contribution in [0.25, 0.3) is 0 Å². The third-order valence-corrected chi connectivity index (χ3v) is 2.78. The summed E-state index contributed by atoms with van der Waals surface area (Å²) in [5.74, 6) is 0.539. The zero-order valence-corrected chi connectivity index (χ0v) is 8.85. The minimum Gasteiger partial charge on any atom is -0.473 e. The molecule has 2 rings (SSSR count). The second-order valence-corrected chi connectivity index (χ2v) is 4.01. The van der Waals surface area contributed by atoms with Gasteiger partial charge in [-0.05, 0) is 25.7 Å². The lowest BCUT2D eigenvalue weighted by atomic mass is 10.1. The van der Waals surface area contributed by atoms with Crippen molar-refractivity contribution in [3.05, 3.63) is 12.5 Å². The predicted molar refractivity (Wildman–Crippen MR) is 58.6 cm³/mol. The summed E-state index contributed by atoms with van der Waals surface area (Å²) < 4.78 is 5.79. The van der Waals surface area contributed by atoms with Crippen LogP contribution in [0.5, 0.6) is 5.88 Å². The van der Waals surface area contributed by atoms with Crippen molar-refractivity contribution in [1.29, 1.82) is 0 Å². The fourth-order valence-electron chi connectivity index (χ4n) is 1.95. The molecule has 4 heteroatoms. The number of anilines is 1. The Balaban J connectivity index is 1.98. The van der Waals surface area contributed by atoms with E-state index in [1.165, 1.54) is 32.0 Å². The van der Waals surface area contributed by atoms with E-state index >= 15 is 0 Å². The van der Waals surface area contributed by atoms with Gasteiger partial charge in [0.25, 0.3) is 0 Å². The summed E-state index contributed by atoms with van der Waals surface area (Å²) in [4.78, 5) is 7.89. The number of hydrogen-bond donors (Lipinski definition) is 1. The molecule has 1 heterocycles. The van der Waals surface area contributed by atoms with Gasteiger partial charge in [0.05, 0.1) is 6.20 Å². The van der Waals surface area contributed by atoms with Crippen molar-refractivity contribution >= 4 is 5.69 Å². The maximum absolute atomic E-state index is 5.79. The van der Waals surface area contributed by atoms with E-state index in [-0.39, 0.29) is 6.10 Å². The average Bonchev–Trinajstić information content (AvgIpc) is 2.50. The summed E-state index contributed by atoms with van der Waals surface area (Å²) in [6.07, 6.45) is 10.7. The van der Waals surface area contributed by atoms with Gasteiger partial charge in [-0.1, -0.05) is 12.8 Å². The molecule has 4 nitrogen and oxygen atoms in total. The molecule has 2 N–H and O–H groups in total. The molecule has 0 radical (unpaired) electrons. The third kappa shape index (κ3) is 2.81. The number of nitrogen functional groups attached to an aromatic ring is 1. The second-order valence-electron chi connectivity index (χ2n) is 4.01. The van der Waals surface area contributed by atoms with Crippen LogP contribution in [-0.2, 0) is 0 Å². The zero-order valence-electron chi connectivity index (χ0n) is 8.85. The van der Waals surface area contributed by atoms with E-state index in [9.17, 15) is 0 Å². The van der Waals surface area contributed by atoms with Crippen molar-refractivity contribution in [3.8, 4) is 5.88 Å². The SMILES string of the molecule is Nc1cncnc1OC1CCCCCC1. The Hall–Kier alpha value is -1.32. The predicted octanol–water partition coefficient (Wildman–Crippen LogP) is 2.16. The maximum Gasteiger partial charge on any atom is 0.240 e. The van der Waals surface area contributed by atoms with Crippen molar-refractivity contribution in [1.82, 2.24) is 9.97 Å². The van der Waals surface area contributed by atoms with Crippen LogP contribution in [0.4, 0.5) is 5.69 Å². The first-order valence-electron chi connectivity index (χ1n) is 5.58. The van der Waals surface area contributed by atoms with Crippen molar-refractivity contribution in [3.63, 3.8) is 0 Å². The minimum atomic E-state index is 0.282. The molecule has 0 spiro atoms. The zero-order chi connectivity index (χ0) is 10.5. The standard InChI is InChI=1S/C11H17N3O/c12-10-7-13-8-14-11(10)15-9-5-3-1-2-4-6-9/h7-9H,1-6,12H2. The van der Waals surface area contributed by atoms with Gasteiger partial charge in [-0.15, -0.1) is 0 Å². The normalized spacial score (nSPS) is 18.4. The average molecular weight is 207 g/mol. The van der Waals surface area contributed by atoms with Crippen LogP contribution >= 0.6 is 0 Å². The Bertz CT molecular complexity index is 308. The van der Waals surface area contributed by atoms with E-state index in [1.54, 1.807) is 6.20 Å². The van der Waals surface area contributed by atoms with Gasteiger partial charge >= 0.3 is 0 Å². The molecule has 15 heavy (non-hydrogen) atoms. The molecule has 1 aliphatic carbocycles. The highest BCUT2D eigenvalue weighted by Crippen LogP contribution is 2.24. The molecule has 0 atom stereocenters. The summed E-state index contributed by atoms with van der Waals surface area (Å²) in [7, 11) is 0. The maximum atomic E-state index is 5.79. The molecule has 1 fully saturated rings. The molecule has 1 aromatic rings. The number of rotatable bonds is 2. The number of aromatic nitrogens is 2. The van der Waals surface area contributed by atoms with Gasteiger partial charge in [0, 0.05) is 0 Å². The van der Waals surface area contributed by atoms with Crippen LogP contribution in [0.1, 0.15) is 38.5 Å². The van der Waals surface area contributed by atoms with Crippen molar-refractivity contribution in [2.45, 2.75) is 44.6 Å². The molecular formula is C11H17N3O. The van der Waals surface area contributed by atoms with E-state index < -0.39 is 0 Å². The molecular weight excluding hydrogens is 190 g/mol. The van der Waals surface area contributed by atoms with Gasteiger partial charge in [0.15, 0.2) is 0 Å². The fourth-order valence-corrected chi connectivity index (χ4v) is 1.95. The molecule has 0 amide bonds. The first-order valence-corrected chi connectivity index (χ1v) is 5.58. The summed E-state index contributed by atoms with van der Waals surface area (Å²) in [5, 5.41) is 0. The molecule has 1 saturated carbocycles. The van der Waals surface area contributed by atoms with Crippen LogP contribution in [0, 0.1) is 0 Å². The Morgan fingerprint density at radius 3 is 2.60 bits per heavy atom. The Kier molecular flexibility index (Phi) is 3.37. The lowest BCUT2D eigenvalue weighted by molar-refractivity contribution is 0.177. The van der Waals surface area contributed by atoms with Gasteiger partial charge < -0.3 is 10.5 Å². The number of ether oxygens (including phenoxy) is 1. The molecule has 0 aromatic carbocycles. The molecule has 82 valence electrons. The second kappa shape index (κ2) is 4.96. The highest BCUT2D eigenvalue weighted by atomic mass is 16.5. The fraction of sp³-hybridized carbons (Fsp3) is 0.636. The molecule has 0 bridgehead atoms. The highest BCUT2D eigenvalue weighted by Gasteiger charge is 2.15. The summed E-state index contributed by atoms with van der Waals surface area (Å²) in [6.45, 7) is 0. The number of nitrogens with two attached hydrogens (primary N) is 1. The summed E-state index contributed by atoms with van der Waals surface area (Å²) >= 11 is 0. The van der Waals surface area contributed by atoms with E-state index in [0.29, 0.717) is 11.6 Å². The van der Waals surface area contributed by atoms with Gasteiger partial charge in [-0.2, -0.15) is 4.98 Å². The number of hydrogen-bond acceptors (Lipinski definition) is 4. The van der Waals surface area contributed by atoms with E-state index in [0.717, 1.165) is 12.8 Å². The molecule has 1 aromatic heterocycles. The Labute approximate surface area is 89.9 Å². The van der Waals surface area contributed by atoms with Crippen LogP contribution in [0.2, 0.25) is 0 Å². The van der Waals surface area contributed by atoms with Crippen LogP contribution in [0.3, 0.4) is 0 Å². The quantitative estimate of drug-likeness (QED) is 0.755. The highest BCUT2D eigenvalue weighted by molar-refractivity contribution is 5.44. The molecule has 1 aliphatic rings. The first kappa shape index (κ1) is 10.2. The van der Waals surface area contributed by atoms with Crippen molar-refractivity contribution in [2.24, 2.45) is 0 Å². The Morgan fingerprint density at radius 1 is 1.20 bits per heavy atom. The van der Waals surface area contributed by atoms with Crippen molar-refractivity contribution < 1.29 is 4.74 Å². The molecule has 0 aliphatic heterocycles. The monoisotopic (exact) mass is 207 g/mol. The van der Waals surface area contributed by atoms with Crippen LogP contribution < -0.4 is 10.5 Å². The largest absolute Gasteiger partial charge is 0.473 e. The van der Waals surface area contributed by atoms with Crippen LogP contribution in [-0.4, -0.2) is 16.1 Å². The molecule has 0 saturated heterocycles. The summed E-state index contributed by atoms with van der Waals surface area (Å²) in [5.41, 5.74) is 6.26. The van der Waals surface area contributed by atoms with Crippen molar-refractivity contribution in [2.75, 3.05) is 5.73 Å². The van der Waals surface area contributed by atoms with E-state index in [4.69, 9.17) is 10.5 Å². The van der Waals surface area contributed by atoms with Gasteiger partial charge in [0.1, 0.15) is 18.1 Å².